The average Bonchev–Trinajstić information content (AvgIpc) is 2.52. The van der Waals surface area contributed by atoms with E-state index in [1.165, 1.54) is 5.56 Å². The largest absolute Gasteiger partial charge is 0.306 e. The number of nitrogens with zero attached hydrogens (tertiary/aromatic N) is 2. The van der Waals surface area contributed by atoms with Crippen LogP contribution < -0.4 is 5.32 Å². The minimum absolute atomic E-state index is 0.0433. The Kier molecular flexibility index (Phi) is 5.15. The van der Waals surface area contributed by atoms with Crippen LogP contribution in [-0.4, -0.2) is 10.9 Å². The lowest BCUT2D eigenvalue weighted by atomic mass is 9.86. The maximum atomic E-state index is 12.2. The quantitative estimate of drug-likeness (QED) is 0.680. The molecule has 2 rings (SSSR count). The van der Waals surface area contributed by atoms with Crippen LogP contribution >= 0.6 is 0 Å². The molecule has 1 N–H and O–H groups in total. The Bertz CT molecular complexity index is 806. The smallest absolute Gasteiger partial charge is 0.267 e. The van der Waals surface area contributed by atoms with Gasteiger partial charge in [0.25, 0.3) is 5.91 Å². The number of carbonyl (C=O) groups is 1. The number of benzene rings is 1. The van der Waals surface area contributed by atoms with Crippen LogP contribution in [0.5, 0.6) is 0 Å². The molecule has 0 unspecified atom stereocenters. The Morgan fingerprint density at radius 2 is 1.83 bits per heavy atom. The zero-order valence-electron chi connectivity index (χ0n) is 14.4. The van der Waals surface area contributed by atoms with Crippen molar-refractivity contribution in [3.63, 3.8) is 0 Å². The third-order valence-corrected chi connectivity index (χ3v) is 3.58. The fourth-order valence-electron chi connectivity index (χ4n) is 2.19. The summed E-state index contributed by atoms with van der Waals surface area (Å²) >= 11 is 0. The molecule has 1 amide bonds. The van der Waals surface area contributed by atoms with E-state index in [2.05, 4.69) is 31.1 Å². The summed E-state index contributed by atoms with van der Waals surface area (Å²) in [7, 11) is 0. The molecule has 0 aliphatic carbocycles. The first-order valence-corrected chi connectivity index (χ1v) is 7.77. The summed E-state index contributed by atoms with van der Waals surface area (Å²) in [6, 6.07) is 15.1. The van der Waals surface area contributed by atoms with E-state index in [0.29, 0.717) is 5.82 Å². The van der Waals surface area contributed by atoms with Crippen LogP contribution in [0.25, 0.3) is 6.08 Å². The van der Waals surface area contributed by atoms with Crippen LogP contribution in [0.4, 0.5) is 5.82 Å². The van der Waals surface area contributed by atoms with Gasteiger partial charge in [0.05, 0.1) is 0 Å². The van der Waals surface area contributed by atoms with Gasteiger partial charge >= 0.3 is 0 Å². The third kappa shape index (κ3) is 4.53. The Morgan fingerprint density at radius 1 is 1.17 bits per heavy atom. The van der Waals surface area contributed by atoms with Crippen LogP contribution in [0.3, 0.4) is 0 Å². The van der Waals surface area contributed by atoms with Crippen molar-refractivity contribution < 1.29 is 4.79 Å². The lowest BCUT2D eigenvalue weighted by Crippen LogP contribution is -2.14. The molecule has 1 aromatic carbocycles. The van der Waals surface area contributed by atoms with E-state index < -0.39 is 5.91 Å². The van der Waals surface area contributed by atoms with Crippen LogP contribution in [-0.2, 0) is 10.2 Å². The number of anilines is 1. The molecule has 0 aliphatic rings. The maximum absolute atomic E-state index is 12.2. The number of pyridine rings is 1. The summed E-state index contributed by atoms with van der Waals surface area (Å²) in [6.07, 6.45) is 1.58. The number of hydrogen-bond donors (Lipinski definition) is 1. The molecule has 0 bridgehead atoms. The Balaban J connectivity index is 2.19. The molecule has 0 aliphatic heterocycles. The molecule has 4 heteroatoms. The van der Waals surface area contributed by atoms with Crippen molar-refractivity contribution >= 4 is 17.8 Å². The lowest BCUT2D eigenvalue weighted by molar-refractivity contribution is -0.112. The highest BCUT2D eigenvalue weighted by Gasteiger charge is 2.13. The van der Waals surface area contributed by atoms with Crippen molar-refractivity contribution in [1.29, 1.82) is 5.26 Å². The van der Waals surface area contributed by atoms with Crippen molar-refractivity contribution in [3.05, 3.63) is 64.9 Å². The first-order valence-electron chi connectivity index (χ1n) is 7.77. The van der Waals surface area contributed by atoms with Crippen LogP contribution in [0.2, 0.25) is 0 Å². The number of nitriles is 1. The molecule has 0 radical (unpaired) electrons. The summed E-state index contributed by atoms with van der Waals surface area (Å²) in [5.74, 6) is -0.0280. The number of nitrogens with one attached hydrogen (secondary N) is 1. The van der Waals surface area contributed by atoms with E-state index in [1.54, 1.807) is 18.2 Å². The number of aromatic nitrogens is 1. The predicted octanol–water partition coefficient (Wildman–Crippen LogP) is 4.23. The summed E-state index contributed by atoms with van der Waals surface area (Å²) in [4.78, 5) is 16.5. The molecule has 0 saturated carbocycles. The molecular weight excluding hydrogens is 298 g/mol. The molecule has 0 spiro atoms. The minimum Gasteiger partial charge on any atom is -0.306 e. The van der Waals surface area contributed by atoms with Crippen molar-refractivity contribution in [2.45, 2.75) is 33.1 Å². The zero-order chi connectivity index (χ0) is 17.7. The molecule has 1 heterocycles. The van der Waals surface area contributed by atoms with E-state index in [4.69, 9.17) is 0 Å². The second-order valence-corrected chi connectivity index (χ2v) is 6.66. The number of carbonyl (C=O) groups excluding carboxylic acids is 1. The van der Waals surface area contributed by atoms with Crippen LogP contribution in [0.1, 0.15) is 37.6 Å². The van der Waals surface area contributed by atoms with Gasteiger partial charge in [0.15, 0.2) is 0 Å². The normalized spacial score (nSPS) is 11.7. The molecule has 1 aromatic heterocycles. The predicted molar refractivity (Wildman–Crippen MR) is 96.3 cm³/mol. The Morgan fingerprint density at radius 3 is 2.38 bits per heavy atom. The van der Waals surface area contributed by atoms with E-state index in [-0.39, 0.29) is 11.0 Å². The molecule has 0 fully saturated rings. The molecule has 2 aromatic rings. The third-order valence-electron chi connectivity index (χ3n) is 3.58. The van der Waals surface area contributed by atoms with Crippen LogP contribution in [0.15, 0.2) is 48.0 Å². The summed E-state index contributed by atoms with van der Waals surface area (Å²) in [6.45, 7) is 8.26. The van der Waals surface area contributed by atoms with Gasteiger partial charge in [-0.3, -0.25) is 4.79 Å². The molecule has 4 nitrogen and oxygen atoms in total. The topological polar surface area (TPSA) is 65.8 Å². The van der Waals surface area contributed by atoms with Gasteiger partial charge in [0.2, 0.25) is 0 Å². The summed E-state index contributed by atoms with van der Waals surface area (Å²) in [5.41, 5.74) is 2.92. The van der Waals surface area contributed by atoms with E-state index in [1.807, 2.05) is 43.3 Å². The Hall–Kier alpha value is -2.93. The van der Waals surface area contributed by atoms with Gasteiger partial charge in [0, 0.05) is 5.69 Å². The van der Waals surface area contributed by atoms with Gasteiger partial charge < -0.3 is 5.32 Å². The highest BCUT2D eigenvalue weighted by atomic mass is 16.1. The van der Waals surface area contributed by atoms with Crippen LogP contribution in [0, 0.1) is 18.3 Å². The van der Waals surface area contributed by atoms with Crippen molar-refractivity contribution in [2.75, 3.05) is 5.32 Å². The van der Waals surface area contributed by atoms with Gasteiger partial charge in [-0.05, 0) is 41.7 Å². The monoisotopic (exact) mass is 319 g/mol. The molecule has 0 saturated heterocycles. The maximum Gasteiger partial charge on any atom is 0.267 e. The van der Waals surface area contributed by atoms with Gasteiger partial charge in [-0.2, -0.15) is 5.26 Å². The summed E-state index contributed by atoms with van der Waals surface area (Å²) in [5, 5.41) is 11.9. The van der Waals surface area contributed by atoms with E-state index in [0.717, 1.165) is 11.3 Å². The van der Waals surface area contributed by atoms with Crippen molar-refractivity contribution in [2.24, 2.45) is 0 Å². The second kappa shape index (κ2) is 7.10. The van der Waals surface area contributed by atoms with Crippen molar-refractivity contribution in [1.82, 2.24) is 4.98 Å². The fourth-order valence-corrected chi connectivity index (χ4v) is 2.19. The number of hydrogen-bond acceptors (Lipinski definition) is 3. The summed E-state index contributed by atoms with van der Waals surface area (Å²) < 4.78 is 0. The van der Waals surface area contributed by atoms with Gasteiger partial charge in [0.1, 0.15) is 17.5 Å². The zero-order valence-corrected chi connectivity index (χ0v) is 14.4. The molecular formula is C20H21N3O. The fraction of sp³-hybridized carbons (Fsp3) is 0.250. The number of aryl methyl sites for hydroxylation is 1. The molecule has 0 atom stereocenters. The first-order chi connectivity index (χ1) is 11.3. The van der Waals surface area contributed by atoms with E-state index >= 15 is 0 Å². The molecule has 122 valence electrons. The number of amides is 1. The lowest BCUT2D eigenvalue weighted by Gasteiger charge is -2.18. The molecule has 24 heavy (non-hydrogen) atoms. The second-order valence-electron chi connectivity index (χ2n) is 6.66. The number of rotatable bonds is 3. The van der Waals surface area contributed by atoms with Gasteiger partial charge in [-0.15, -0.1) is 0 Å². The standard InChI is InChI=1S/C20H21N3O/c1-14-6-5-7-18(22-14)23-19(24)16(13-21)12-15-8-10-17(11-9-15)20(2,3)4/h5-12H,1-4H3,(H,22,23,24). The van der Waals surface area contributed by atoms with E-state index in [9.17, 15) is 10.1 Å². The first kappa shape index (κ1) is 17.4. The van der Waals surface area contributed by atoms with Crippen molar-refractivity contribution in [3.8, 4) is 6.07 Å². The minimum atomic E-state index is -0.463. The van der Waals surface area contributed by atoms with Gasteiger partial charge in [-0.25, -0.2) is 4.98 Å². The Labute approximate surface area is 142 Å². The SMILES string of the molecule is Cc1cccc(NC(=O)C(C#N)=Cc2ccc(C(C)(C)C)cc2)n1. The van der Waals surface area contributed by atoms with Gasteiger partial charge in [-0.1, -0.05) is 51.1 Å². The highest BCUT2D eigenvalue weighted by Crippen LogP contribution is 2.22. The average molecular weight is 319 g/mol. The highest BCUT2D eigenvalue weighted by molar-refractivity contribution is 6.09.